The summed E-state index contributed by atoms with van der Waals surface area (Å²) in [4.78, 5) is 57.6. The summed E-state index contributed by atoms with van der Waals surface area (Å²) in [6.45, 7) is 5.01. The lowest BCUT2D eigenvalue weighted by Crippen LogP contribution is -2.30. The molecule has 0 radical (unpaired) electrons. The lowest BCUT2D eigenvalue weighted by molar-refractivity contribution is -0.129. The summed E-state index contributed by atoms with van der Waals surface area (Å²) in [5.41, 5.74) is 1.88. The molecule has 2 heterocycles. The summed E-state index contributed by atoms with van der Waals surface area (Å²) < 4.78 is 5.38. The van der Waals surface area contributed by atoms with Crippen LogP contribution in [0.5, 0.6) is 0 Å². The molecule has 0 unspecified atom stereocenters. The van der Waals surface area contributed by atoms with Gasteiger partial charge in [-0.25, -0.2) is 9.78 Å². The monoisotopic (exact) mass is 496 g/mol. The summed E-state index contributed by atoms with van der Waals surface area (Å²) in [6.07, 6.45) is 5.06. The molecule has 2 aliphatic rings. The van der Waals surface area contributed by atoms with E-state index in [0.29, 0.717) is 40.7 Å². The van der Waals surface area contributed by atoms with Crippen molar-refractivity contribution >= 4 is 40.2 Å². The molecule has 188 valence electrons. The van der Waals surface area contributed by atoms with Crippen molar-refractivity contribution in [2.24, 2.45) is 17.3 Å². The molecular weight excluding hydrogens is 468 g/mol. The predicted molar refractivity (Wildman–Crippen MR) is 140 cm³/mol. The molecular formula is C30H28N2O5. The zero-order chi connectivity index (χ0) is 26.3. The Hall–Kier alpha value is -4.13. The molecule has 3 aromatic rings. The first kappa shape index (κ1) is 24.6. The Kier molecular flexibility index (Phi) is 6.23. The highest BCUT2D eigenvalue weighted by molar-refractivity contribution is 6.22. The van der Waals surface area contributed by atoms with Gasteiger partial charge in [-0.2, -0.15) is 0 Å². The summed E-state index contributed by atoms with van der Waals surface area (Å²) in [5, 5.41) is 0.608. The molecule has 1 aliphatic carbocycles. The van der Waals surface area contributed by atoms with Crippen molar-refractivity contribution in [3.05, 3.63) is 72.3 Å². The second kappa shape index (κ2) is 9.39. The minimum absolute atomic E-state index is 0.178. The molecule has 0 spiro atoms. The van der Waals surface area contributed by atoms with E-state index in [1.807, 2.05) is 24.3 Å². The number of allylic oxidation sites excluding steroid dienone is 2. The zero-order valence-corrected chi connectivity index (χ0v) is 21.1. The third-order valence-corrected chi connectivity index (χ3v) is 7.01. The van der Waals surface area contributed by atoms with Gasteiger partial charge in [-0.15, -0.1) is 0 Å². The normalized spacial score (nSPS) is 19.3. The smallest absolute Gasteiger partial charge is 0.339 e. The fourth-order valence-corrected chi connectivity index (χ4v) is 4.78. The first-order valence-corrected chi connectivity index (χ1v) is 12.4. The van der Waals surface area contributed by atoms with Crippen LogP contribution in [0.1, 0.15) is 44.0 Å². The van der Waals surface area contributed by atoms with Gasteiger partial charge in [0.15, 0.2) is 12.4 Å². The number of benzene rings is 2. The lowest BCUT2D eigenvalue weighted by atomic mass is 9.85. The summed E-state index contributed by atoms with van der Waals surface area (Å²) in [5.74, 6) is -1.81. The molecule has 37 heavy (non-hydrogen) atoms. The number of anilines is 1. The number of ketones is 1. The molecule has 2 aromatic carbocycles. The van der Waals surface area contributed by atoms with Crippen molar-refractivity contribution in [1.82, 2.24) is 4.98 Å². The highest BCUT2D eigenvalue weighted by atomic mass is 16.5. The number of Topliss-reactive ketones (excluding diaryl/α,β-unsaturated/α-hetero) is 1. The number of amides is 2. The summed E-state index contributed by atoms with van der Waals surface area (Å²) in [7, 11) is 0. The Balaban J connectivity index is 1.50. The van der Waals surface area contributed by atoms with Crippen molar-refractivity contribution in [1.29, 1.82) is 0 Å². The molecule has 1 aromatic heterocycles. The minimum atomic E-state index is -0.621. The van der Waals surface area contributed by atoms with E-state index in [9.17, 15) is 19.2 Å². The predicted octanol–water partition coefficient (Wildman–Crippen LogP) is 5.13. The van der Waals surface area contributed by atoms with Crippen molar-refractivity contribution in [2.75, 3.05) is 11.5 Å². The number of hydrogen-bond donors (Lipinski definition) is 0. The topological polar surface area (TPSA) is 93.6 Å². The van der Waals surface area contributed by atoms with E-state index in [2.05, 4.69) is 0 Å². The van der Waals surface area contributed by atoms with E-state index in [-0.39, 0.29) is 41.6 Å². The third-order valence-electron chi connectivity index (χ3n) is 7.01. The average Bonchev–Trinajstić information content (AvgIpc) is 3.15. The number of esters is 1. The molecule has 7 nitrogen and oxygen atoms in total. The van der Waals surface area contributed by atoms with Crippen LogP contribution >= 0.6 is 0 Å². The minimum Gasteiger partial charge on any atom is -0.454 e. The average molecular weight is 497 g/mol. The van der Waals surface area contributed by atoms with Crippen LogP contribution in [0.4, 0.5) is 5.69 Å². The van der Waals surface area contributed by atoms with Gasteiger partial charge in [-0.3, -0.25) is 19.3 Å². The van der Waals surface area contributed by atoms with Crippen LogP contribution in [0.2, 0.25) is 0 Å². The van der Waals surface area contributed by atoms with Gasteiger partial charge in [-0.05, 0) is 37.1 Å². The van der Waals surface area contributed by atoms with Gasteiger partial charge in [0.25, 0.3) is 0 Å². The number of ether oxygens (including phenoxy) is 1. The van der Waals surface area contributed by atoms with Crippen LogP contribution in [0.25, 0.3) is 22.2 Å². The Labute approximate surface area is 215 Å². The quantitative estimate of drug-likeness (QED) is 0.276. The van der Waals surface area contributed by atoms with Crippen LogP contribution in [0.3, 0.4) is 0 Å². The highest BCUT2D eigenvalue weighted by Crippen LogP contribution is 2.38. The van der Waals surface area contributed by atoms with E-state index in [0.717, 1.165) is 0 Å². The van der Waals surface area contributed by atoms with Crippen LogP contribution < -0.4 is 4.90 Å². The fourth-order valence-electron chi connectivity index (χ4n) is 4.78. The number of pyridine rings is 1. The van der Waals surface area contributed by atoms with E-state index >= 15 is 0 Å². The maximum atomic E-state index is 13.1. The number of aromatic nitrogens is 1. The number of nitrogens with zero attached hydrogens (tertiary/aromatic N) is 2. The van der Waals surface area contributed by atoms with E-state index in [1.165, 1.54) is 4.90 Å². The van der Waals surface area contributed by atoms with Gasteiger partial charge in [0, 0.05) is 16.4 Å². The van der Waals surface area contributed by atoms with Gasteiger partial charge in [-0.1, -0.05) is 63.3 Å². The Morgan fingerprint density at radius 1 is 0.946 bits per heavy atom. The van der Waals surface area contributed by atoms with Gasteiger partial charge in [0.05, 0.1) is 34.3 Å². The number of imide groups is 1. The van der Waals surface area contributed by atoms with Crippen LogP contribution in [0, 0.1) is 17.3 Å². The maximum absolute atomic E-state index is 13.1. The molecule has 1 aliphatic heterocycles. The van der Waals surface area contributed by atoms with Crippen molar-refractivity contribution < 1.29 is 23.9 Å². The van der Waals surface area contributed by atoms with Gasteiger partial charge in [0.1, 0.15) is 0 Å². The molecule has 0 bridgehead atoms. The van der Waals surface area contributed by atoms with Crippen LogP contribution in [0.15, 0.2) is 66.7 Å². The molecule has 1 fully saturated rings. The third kappa shape index (κ3) is 4.57. The number of carbonyl (C=O) groups is 4. The Morgan fingerprint density at radius 2 is 1.62 bits per heavy atom. The zero-order valence-electron chi connectivity index (χ0n) is 21.1. The second-order valence-electron chi connectivity index (χ2n) is 10.5. The lowest BCUT2D eigenvalue weighted by Gasteiger charge is -2.17. The first-order chi connectivity index (χ1) is 17.6. The van der Waals surface area contributed by atoms with E-state index < -0.39 is 11.4 Å². The number of para-hydroxylation sites is 1. The number of hydrogen-bond acceptors (Lipinski definition) is 6. The Morgan fingerprint density at radius 3 is 2.30 bits per heavy atom. The van der Waals surface area contributed by atoms with Gasteiger partial charge in [0.2, 0.25) is 11.8 Å². The highest BCUT2D eigenvalue weighted by Gasteiger charge is 2.47. The molecule has 2 amide bonds. The fraction of sp³-hybridized carbons (Fsp3) is 0.300. The number of carbonyl (C=O) groups excluding carboxylic acids is 4. The van der Waals surface area contributed by atoms with Crippen molar-refractivity contribution in [3.63, 3.8) is 0 Å². The molecule has 1 saturated heterocycles. The van der Waals surface area contributed by atoms with Gasteiger partial charge >= 0.3 is 5.97 Å². The molecule has 2 atom stereocenters. The van der Waals surface area contributed by atoms with Crippen molar-refractivity contribution in [2.45, 2.75) is 33.6 Å². The number of rotatable bonds is 5. The molecule has 0 saturated carbocycles. The second-order valence-corrected chi connectivity index (χ2v) is 10.5. The Bertz CT molecular complexity index is 1440. The number of fused-ring (bicyclic) bond motifs is 2. The SMILES string of the molecule is CC(C)(C)C(=O)COC(=O)c1cc(-c2cccc(N3C(=O)[C@H]4CC=CC[C@H]4C3=O)c2)nc2ccccc12. The standard InChI is InChI=1S/C30H28N2O5/c1-30(2,3)26(33)17-37-29(36)23-16-25(31-24-14-7-6-11-20(23)24)18-9-8-10-19(15-18)32-27(34)21-12-4-5-13-22(21)28(32)35/h4-11,14-16,21-22H,12-13,17H2,1-3H3/t21-,22+. The van der Waals surface area contributed by atoms with Gasteiger partial charge < -0.3 is 4.74 Å². The van der Waals surface area contributed by atoms with Crippen LogP contribution in [-0.4, -0.2) is 35.2 Å². The maximum Gasteiger partial charge on any atom is 0.339 e. The molecule has 5 rings (SSSR count). The summed E-state index contributed by atoms with van der Waals surface area (Å²) >= 11 is 0. The molecule has 7 heteroatoms. The first-order valence-electron chi connectivity index (χ1n) is 12.4. The summed E-state index contributed by atoms with van der Waals surface area (Å²) in [6, 6.07) is 15.9. The van der Waals surface area contributed by atoms with E-state index in [1.54, 1.807) is 63.2 Å². The van der Waals surface area contributed by atoms with E-state index in [4.69, 9.17) is 9.72 Å². The molecule has 0 N–H and O–H groups in total. The van der Waals surface area contributed by atoms with Crippen LogP contribution in [-0.2, 0) is 19.1 Å². The largest absolute Gasteiger partial charge is 0.454 e. The van der Waals surface area contributed by atoms with Crippen molar-refractivity contribution in [3.8, 4) is 11.3 Å².